The zero-order chi connectivity index (χ0) is 25.0. The van der Waals surface area contributed by atoms with Crippen LogP contribution in [-0.2, 0) is 27.0 Å². The third-order valence-electron chi connectivity index (χ3n) is 5.12. The lowest BCUT2D eigenvalue weighted by molar-refractivity contribution is -0.165. The molecule has 1 aliphatic rings. The number of aliphatic hydroxyl groups excluding tert-OH is 2. The molecule has 1 aromatic carbocycles. The fourth-order valence-corrected chi connectivity index (χ4v) is 3.40. The highest BCUT2D eigenvalue weighted by Crippen LogP contribution is 2.33. The number of carboxylic acid groups (broad SMARTS) is 2. The number of hydrogen-bond acceptors (Lipinski definition) is 7. The van der Waals surface area contributed by atoms with Crippen LogP contribution in [0.3, 0.4) is 0 Å². The second kappa shape index (κ2) is 14.1. The van der Waals surface area contributed by atoms with Crippen molar-refractivity contribution >= 4 is 11.9 Å². The van der Waals surface area contributed by atoms with Crippen molar-refractivity contribution < 1.29 is 47.9 Å². The van der Waals surface area contributed by atoms with Crippen LogP contribution in [0.25, 0.3) is 0 Å². The number of hydrogen-bond donors (Lipinski definition) is 5. The number of aliphatic carboxylic acids is 2. The molecule has 0 spiro atoms. The first-order valence-corrected chi connectivity index (χ1v) is 10.4. The SMILES string of the molecule is COCCCN(Cc1ccccc1C(F)(F)F)C1CCNCC1.O=C(O)[C@H](O)[C@@H](O)C(=O)O. The van der Waals surface area contributed by atoms with E-state index in [-0.39, 0.29) is 0 Å². The van der Waals surface area contributed by atoms with Gasteiger partial charge in [-0.25, -0.2) is 9.59 Å². The fourth-order valence-electron chi connectivity index (χ4n) is 3.40. The summed E-state index contributed by atoms with van der Waals surface area (Å²) < 4.78 is 44.7. The van der Waals surface area contributed by atoms with Crippen molar-refractivity contribution in [3.8, 4) is 0 Å². The summed E-state index contributed by atoms with van der Waals surface area (Å²) in [5.41, 5.74) is -0.165. The van der Waals surface area contributed by atoms with Crippen LogP contribution in [0.4, 0.5) is 13.2 Å². The summed E-state index contributed by atoms with van der Waals surface area (Å²) in [7, 11) is 1.65. The molecule has 1 aliphatic heterocycles. The number of piperidine rings is 1. The first kappa shape index (κ1) is 28.8. The molecule has 1 heterocycles. The van der Waals surface area contributed by atoms with Crippen LogP contribution in [0.5, 0.6) is 0 Å². The molecule has 33 heavy (non-hydrogen) atoms. The van der Waals surface area contributed by atoms with E-state index >= 15 is 0 Å². The van der Waals surface area contributed by atoms with Gasteiger partial charge >= 0.3 is 18.1 Å². The lowest BCUT2D eigenvalue weighted by atomic mass is 10.0. The van der Waals surface area contributed by atoms with Gasteiger partial charge in [0, 0.05) is 32.8 Å². The first-order valence-electron chi connectivity index (χ1n) is 10.4. The molecule has 2 atom stereocenters. The topological polar surface area (TPSA) is 140 Å². The molecule has 1 aromatic rings. The molecule has 1 fully saturated rings. The van der Waals surface area contributed by atoms with Crippen LogP contribution < -0.4 is 5.32 Å². The third kappa shape index (κ3) is 10.0. The van der Waals surface area contributed by atoms with Crippen LogP contribution in [0.15, 0.2) is 24.3 Å². The molecule has 0 radical (unpaired) electrons. The Morgan fingerprint density at radius 1 is 1.12 bits per heavy atom. The van der Waals surface area contributed by atoms with Gasteiger partial charge in [0.1, 0.15) is 0 Å². The van der Waals surface area contributed by atoms with Crippen molar-refractivity contribution in [3.63, 3.8) is 0 Å². The van der Waals surface area contributed by atoms with Crippen LogP contribution in [-0.4, -0.2) is 88.9 Å². The van der Waals surface area contributed by atoms with Gasteiger partial charge in [-0.15, -0.1) is 0 Å². The van der Waals surface area contributed by atoms with E-state index in [0.29, 0.717) is 24.8 Å². The zero-order valence-corrected chi connectivity index (χ0v) is 18.3. The van der Waals surface area contributed by atoms with E-state index in [1.54, 1.807) is 19.2 Å². The molecule has 9 nitrogen and oxygen atoms in total. The molecular formula is C21H31F3N2O7. The maximum atomic E-state index is 13.2. The summed E-state index contributed by atoms with van der Waals surface area (Å²) in [6.07, 6.45) is -6.06. The molecule has 0 amide bonds. The van der Waals surface area contributed by atoms with Crippen molar-refractivity contribution in [2.75, 3.05) is 33.4 Å². The summed E-state index contributed by atoms with van der Waals surface area (Å²) in [6, 6.07) is 6.22. The molecule has 2 rings (SSSR count). The summed E-state index contributed by atoms with van der Waals surface area (Å²) in [5, 5.41) is 35.8. The second-order valence-corrected chi connectivity index (χ2v) is 7.52. The molecule has 0 aliphatic carbocycles. The fraction of sp³-hybridized carbons (Fsp3) is 0.619. The van der Waals surface area contributed by atoms with Crippen molar-refractivity contribution in [2.45, 2.75) is 50.2 Å². The molecular weight excluding hydrogens is 449 g/mol. The quantitative estimate of drug-likeness (QED) is 0.312. The predicted molar refractivity (Wildman–Crippen MR) is 112 cm³/mol. The van der Waals surface area contributed by atoms with E-state index in [1.165, 1.54) is 12.1 Å². The highest BCUT2D eigenvalue weighted by atomic mass is 19.4. The minimum Gasteiger partial charge on any atom is -0.479 e. The van der Waals surface area contributed by atoms with Gasteiger partial charge in [-0.3, -0.25) is 4.90 Å². The number of carboxylic acids is 2. The molecule has 5 N–H and O–H groups in total. The average molecular weight is 480 g/mol. The van der Waals surface area contributed by atoms with Crippen molar-refractivity contribution in [1.29, 1.82) is 0 Å². The Labute approximate surface area is 189 Å². The van der Waals surface area contributed by atoms with E-state index in [1.807, 2.05) is 0 Å². The highest BCUT2D eigenvalue weighted by molar-refractivity contribution is 5.83. The van der Waals surface area contributed by atoms with Gasteiger partial charge in [0.05, 0.1) is 5.56 Å². The Morgan fingerprint density at radius 2 is 1.67 bits per heavy atom. The van der Waals surface area contributed by atoms with Crippen molar-refractivity contribution in [3.05, 3.63) is 35.4 Å². The number of carbonyl (C=O) groups is 2. The lowest BCUT2D eigenvalue weighted by Gasteiger charge is -2.35. The maximum Gasteiger partial charge on any atom is 0.416 e. The molecule has 0 aromatic heterocycles. The number of aliphatic hydroxyl groups is 2. The van der Waals surface area contributed by atoms with Gasteiger partial charge in [0.25, 0.3) is 0 Å². The maximum absolute atomic E-state index is 13.2. The Kier molecular flexibility index (Phi) is 12.3. The van der Waals surface area contributed by atoms with Gasteiger partial charge in [-0.1, -0.05) is 18.2 Å². The number of alkyl halides is 3. The number of nitrogens with zero attached hydrogens (tertiary/aromatic N) is 1. The third-order valence-corrected chi connectivity index (χ3v) is 5.12. The van der Waals surface area contributed by atoms with E-state index in [0.717, 1.165) is 38.9 Å². The van der Waals surface area contributed by atoms with Crippen LogP contribution in [0.2, 0.25) is 0 Å². The van der Waals surface area contributed by atoms with Crippen molar-refractivity contribution in [2.24, 2.45) is 0 Å². The zero-order valence-electron chi connectivity index (χ0n) is 18.3. The van der Waals surface area contributed by atoms with Crippen LogP contribution in [0, 0.1) is 0 Å². The predicted octanol–water partition coefficient (Wildman–Crippen LogP) is 1.17. The number of ether oxygens (including phenoxy) is 1. The monoisotopic (exact) mass is 480 g/mol. The number of benzene rings is 1. The molecule has 12 heteroatoms. The van der Waals surface area contributed by atoms with Crippen molar-refractivity contribution in [1.82, 2.24) is 10.2 Å². The van der Waals surface area contributed by atoms with E-state index in [9.17, 15) is 22.8 Å². The molecule has 0 bridgehead atoms. The van der Waals surface area contributed by atoms with E-state index in [4.69, 9.17) is 25.2 Å². The Morgan fingerprint density at radius 3 is 2.15 bits per heavy atom. The Hall–Kier alpha value is -2.25. The highest BCUT2D eigenvalue weighted by Gasteiger charge is 2.34. The molecule has 0 unspecified atom stereocenters. The van der Waals surface area contributed by atoms with Gasteiger partial charge < -0.3 is 30.5 Å². The molecule has 188 valence electrons. The minimum absolute atomic E-state index is 0.328. The summed E-state index contributed by atoms with van der Waals surface area (Å²) >= 11 is 0. The lowest BCUT2D eigenvalue weighted by Crippen LogP contribution is -2.43. The minimum atomic E-state index is -4.30. The molecule has 1 saturated heterocycles. The summed E-state index contributed by atoms with van der Waals surface area (Å²) in [6.45, 7) is 3.57. The van der Waals surface area contributed by atoms with Crippen LogP contribution in [0.1, 0.15) is 30.4 Å². The molecule has 0 saturated carbocycles. The Bertz CT molecular complexity index is 725. The van der Waals surface area contributed by atoms with Gasteiger partial charge in [0.15, 0.2) is 12.2 Å². The Balaban J connectivity index is 0.000000461. The number of rotatable bonds is 10. The van der Waals surface area contributed by atoms with Gasteiger partial charge in [-0.2, -0.15) is 13.2 Å². The standard InChI is InChI=1S/C17H25F3N2O.C4H6O6/c1-23-12-4-11-22(15-7-9-21-10-8-15)13-14-5-2-3-6-16(14)17(18,19)20;5-1(3(7)8)2(6)4(9)10/h2-3,5-6,15,21H,4,7-13H2,1H3;1-2,5-6H,(H,7,8)(H,9,10)/t;1-,2-/m.1/s1. The number of nitrogens with one attached hydrogen (secondary N) is 1. The first-order chi connectivity index (χ1) is 15.5. The summed E-state index contributed by atoms with van der Waals surface area (Å²) in [4.78, 5) is 21.7. The average Bonchev–Trinajstić information content (AvgIpc) is 2.78. The van der Waals surface area contributed by atoms with Crippen LogP contribution >= 0.6 is 0 Å². The number of methoxy groups -OCH3 is 1. The smallest absolute Gasteiger partial charge is 0.416 e. The van der Waals surface area contributed by atoms with E-state index in [2.05, 4.69) is 10.2 Å². The van der Waals surface area contributed by atoms with E-state index < -0.39 is 35.9 Å². The largest absolute Gasteiger partial charge is 0.479 e. The second-order valence-electron chi connectivity index (χ2n) is 7.52. The van der Waals surface area contributed by atoms with Gasteiger partial charge in [0.2, 0.25) is 0 Å². The normalized spacial score (nSPS) is 16.6. The van der Waals surface area contributed by atoms with Gasteiger partial charge in [-0.05, 0) is 44.0 Å². The number of halogens is 3. The summed E-state index contributed by atoms with van der Waals surface area (Å²) in [5.74, 6) is -3.54.